The Bertz CT molecular complexity index is 1390. The van der Waals surface area contributed by atoms with Crippen molar-refractivity contribution >= 4 is 32.6 Å². The molecule has 0 saturated heterocycles. The van der Waals surface area contributed by atoms with Crippen LogP contribution in [0.4, 0.5) is 5.69 Å². The number of rotatable bonds is 8. The van der Waals surface area contributed by atoms with Crippen molar-refractivity contribution in [1.29, 1.82) is 0 Å². The summed E-state index contributed by atoms with van der Waals surface area (Å²) in [5.41, 5.74) is 3.01. The fourth-order valence-corrected chi connectivity index (χ4v) is 5.64. The molecule has 0 spiro atoms. The van der Waals surface area contributed by atoms with Crippen LogP contribution in [0.2, 0.25) is 0 Å². The first kappa shape index (κ1) is 23.6. The number of H-pyrrole nitrogens is 1. The number of ether oxygens (including phenoxy) is 1. The first-order valence-electron chi connectivity index (χ1n) is 11.3. The molecule has 34 heavy (non-hydrogen) atoms. The van der Waals surface area contributed by atoms with Crippen molar-refractivity contribution in [2.75, 3.05) is 17.5 Å². The van der Waals surface area contributed by atoms with Crippen LogP contribution in [0, 0.1) is 5.92 Å². The monoisotopic (exact) mass is 476 g/mol. The van der Waals surface area contributed by atoms with Gasteiger partial charge in [0, 0.05) is 23.0 Å². The largest absolute Gasteiger partial charge is 0.461 e. The lowest BCUT2D eigenvalue weighted by Gasteiger charge is -2.26. The SMILES string of the molecule is CCOC(=O)c1[nH]c2ccc(S(=O)(=O)N(CC(C)C)c3ccccc3)cc2c1-c1ccccc1. The first-order valence-corrected chi connectivity index (χ1v) is 12.7. The standard InChI is InChI=1S/C27H28N2O4S/c1-4-33-27(30)26-25(20-11-7-5-8-12-20)23-17-22(15-16-24(23)28-26)34(31,32)29(18-19(2)3)21-13-9-6-10-14-21/h5-17,19,28H,4,18H2,1-3H3. The molecule has 0 aliphatic rings. The summed E-state index contributed by atoms with van der Waals surface area (Å²) < 4.78 is 34.4. The normalized spacial score (nSPS) is 11.6. The van der Waals surface area contributed by atoms with Gasteiger partial charge in [-0.25, -0.2) is 13.2 Å². The van der Waals surface area contributed by atoms with E-state index < -0.39 is 16.0 Å². The van der Waals surface area contributed by atoms with E-state index in [2.05, 4.69) is 4.98 Å². The molecule has 176 valence electrons. The van der Waals surface area contributed by atoms with E-state index in [-0.39, 0.29) is 17.4 Å². The van der Waals surface area contributed by atoms with Gasteiger partial charge in [-0.1, -0.05) is 62.4 Å². The lowest BCUT2D eigenvalue weighted by atomic mass is 10.0. The third-order valence-corrected chi connectivity index (χ3v) is 7.27. The molecule has 0 aliphatic carbocycles. The number of hydrogen-bond donors (Lipinski definition) is 1. The van der Waals surface area contributed by atoms with E-state index >= 15 is 0 Å². The zero-order valence-corrected chi connectivity index (χ0v) is 20.3. The molecule has 3 aromatic carbocycles. The van der Waals surface area contributed by atoms with Crippen molar-refractivity contribution in [3.8, 4) is 11.1 Å². The fourth-order valence-electron chi connectivity index (χ4n) is 3.99. The van der Waals surface area contributed by atoms with Crippen molar-refractivity contribution in [2.24, 2.45) is 5.92 Å². The number of benzene rings is 3. The molecular weight excluding hydrogens is 448 g/mol. The Hall–Kier alpha value is -3.58. The number of carbonyl (C=O) groups excluding carboxylic acids is 1. The average Bonchev–Trinajstić information content (AvgIpc) is 3.22. The van der Waals surface area contributed by atoms with Gasteiger partial charge < -0.3 is 9.72 Å². The minimum absolute atomic E-state index is 0.126. The molecule has 0 atom stereocenters. The Morgan fingerprint density at radius 1 is 0.971 bits per heavy atom. The van der Waals surface area contributed by atoms with Gasteiger partial charge in [0.25, 0.3) is 10.0 Å². The number of carbonyl (C=O) groups is 1. The van der Waals surface area contributed by atoms with Gasteiger partial charge in [-0.05, 0) is 48.7 Å². The van der Waals surface area contributed by atoms with Gasteiger partial charge in [0.1, 0.15) is 5.69 Å². The molecule has 6 nitrogen and oxygen atoms in total. The van der Waals surface area contributed by atoms with Crippen LogP contribution in [-0.4, -0.2) is 32.5 Å². The highest BCUT2D eigenvalue weighted by Gasteiger charge is 2.28. The summed E-state index contributed by atoms with van der Waals surface area (Å²) in [4.78, 5) is 16.0. The fraction of sp³-hybridized carbons (Fsp3) is 0.222. The average molecular weight is 477 g/mol. The molecule has 4 rings (SSSR count). The van der Waals surface area contributed by atoms with E-state index in [1.165, 1.54) is 4.31 Å². The maximum atomic E-state index is 13.8. The van der Waals surface area contributed by atoms with Crippen LogP contribution < -0.4 is 4.31 Å². The number of nitrogens with one attached hydrogen (secondary N) is 1. The number of hydrogen-bond acceptors (Lipinski definition) is 4. The lowest BCUT2D eigenvalue weighted by molar-refractivity contribution is 0.0521. The van der Waals surface area contributed by atoms with Crippen LogP contribution in [0.3, 0.4) is 0 Å². The molecule has 0 saturated carbocycles. The summed E-state index contributed by atoms with van der Waals surface area (Å²) in [7, 11) is -3.86. The quantitative estimate of drug-likeness (QED) is 0.323. The number of anilines is 1. The Labute approximate surface area is 200 Å². The van der Waals surface area contributed by atoms with E-state index in [4.69, 9.17) is 4.74 Å². The maximum absolute atomic E-state index is 13.8. The predicted molar refractivity (Wildman–Crippen MR) is 136 cm³/mol. The second-order valence-electron chi connectivity index (χ2n) is 8.43. The molecule has 0 amide bonds. The third-order valence-electron chi connectivity index (χ3n) is 5.48. The van der Waals surface area contributed by atoms with Crippen molar-refractivity contribution in [2.45, 2.75) is 25.7 Å². The van der Waals surface area contributed by atoms with Gasteiger partial charge in [0.05, 0.1) is 17.2 Å². The van der Waals surface area contributed by atoms with Gasteiger partial charge >= 0.3 is 5.97 Å². The van der Waals surface area contributed by atoms with Crippen LogP contribution in [0.25, 0.3) is 22.0 Å². The summed E-state index contributed by atoms with van der Waals surface area (Å²) in [6, 6.07) is 23.5. The Morgan fingerprint density at radius 3 is 2.24 bits per heavy atom. The van der Waals surface area contributed by atoms with Crippen LogP contribution in [-0.2, 0) is 14.8 Å². The molecule has 0 radical (unpaired) electrons. The second-order valence-corrected chi connectivity index (χ2v) is 10.3. The maximum Gasteiger partial charge on any atom is 0.355 e. The van der Waals surface area contributed by atoms with Gasteiger partial charge in [0.15, 0.2) is 0 Å². The van der Waals surface area contributed by atoms with Crippen molar-refractivity contribution in [3.05, 3.63) is 84.6 Å². The van der Waals surface area contributed by atoms with Crippen LogP contribution in [0.1, 0.15) is 31.3 Å². The molecule has 0 fully saturated rings. The molecule has 0 unspecified atom stereocenters. The number of esters is 1. The van der Waals surface area contributed by atoms with Gasteiger partial charge in [-0.2, -0.15) is 0 Å². The zero-order valence-electron chi connectivity index (χ0n) is 19.5. The van der Waals surface area contributed by atoms with Crippen molar-refractivity contribution in [1.82, 2.24) is 4.98 Å². The molecule has 0 aliphatic heterocycles. The first-order chi connectivity index (χ1) is 16.3. The molecule has 1 N–H and O–H groups in total. The summed E-state index contributed by atoms with van der Waals surface area (Å²) in [6.45, 7) is 6.31. The van der Waals surface area contributed by atoms with E-state index in [0.717, 1.165) is 5.56 Å². The summed E-state index contributed by atoms with van der Waals surface area (Å²) in [5, 5.41) is 0.646. The Morgan fingerprint density at radius 2 is 1.62 bits per heavy atom. The topological polar surface area (TPSA) is 79.5 Å². The molecule has 1 aromatic heterocycles. The van der Waals surface area contributed by atoms with Crippen molar-refractivity contribution < 1.29 is 17.9 Å². The van der Waals surface area contributed by atoms with Gasteiger partial charge in [-0.15, -0.1) is 0 Å². The highest BCUT2D eigenvalue weighted by atomic mass is 32.2. The molecule has 0 bridgehead atoms. The summed E-state index contributed by atoms with van der Waals surface area (Å²) in [6.07, 6.45) is 0. The van der Waals surface area contributed by atoms with Crippen LogP contribution >= 0.6 is 0 Å². The number of para-hydroxylation sites is 1. The summed E-state index contributed by atoms with van der Waals surface area (Å²) >= 11 is 0. The van der Waals surface area contributed by atoms with E-state index in [1.54, 1.807) is 37.3 Å². The highest BCUT2D eigenvalue weighted by molar-refractivity contribution is 7.92. The van der Waals surface area contributed by atoms with Gasteiger partial charge in [-0.3, -0.25) is 4.31 Å². The zero-order chi connectivity index (χ0) is 24.3. The minimum Gasteiger partial charge on any atom is -0.461 e. The number of fused-ring (bicyclic) bond motifs is 1. The smallest absolute Gasteiger partial charge is 0.355 e. The Balaban J connectivity index is 1.91. The number of aromatic amines is 1. The van der Waals surface area contributed by atoms with E-state index in [0.29, 0.717) is 34.4 Å². The van der Waals surface area contributed by atoms with Crippen molar-refractivity contribution in [3.63, 3.8) is 0 Å². The van der Waals surface area contributed by atoms with Crippen LogP contribution in [0.5, 0.6) is 0 Å². The molecule has 4 aromatic rings. The van der Waals surface area contributed by atoms with Gasteiger partial charge in [0.2, 0.25) is 0 Å². The predicted octanol–water partition coefficient (Wildman–Crippen LogP) is 5.86. The van der Waals surface area contributed by atoms with Crippen LogP contribution in [0.15, 0.2) is 83.8 Å². The number of aromatic nitrogens is 1. The van der Waals surface area contributed by atoms with E-state index in [9.17, 15) is 13.2 Å². The molecule has 7 heteroatoms. The highest BCUT2D eigenvalue weighted by Crippen LogP contribution is 2.35. The number of sulfonamides is 1. The summed E-state index contributed by atoms with van der Waals surface area (Å²) in [5.74, 6) is -0.353. The lowest BCUT2D eigenvalue weighted by Crippen LogP contribution is -2.34. The van der Waals surface area contributed by atoms with E-state index in [1.807, 2.05) is 62.4 Å². The third kappa shape index (κ3) is 4.56. The Kier molecular flexibility index (Phi) is 6.75. The minimum atomic E-state index is -3.86. The molecule has 1 heterocycles. The number of nitrogens with zero attached hydrogens (tertiary/aromatic N) is 1. The molecular formula is C27H28N2O4S. The second kappa shape index (κ2) is 9.73.